The third-order valence-electron chi connectivity index (χ3n) is 6.49. The van der Waals surface area contributed by atoms with Gasteiger partial charge in [0.25, 0.3) is 5.91 Å². The standard InChI is InChI=1S/C23H26N6O2S/c1-13(16-5-4-8-24-10-16)25-22-27-18(19-20(28-22)26-14(2)32-19)21(31)29-11-15(12-29)9-17(30)23(3)6-7-23/h4-5,8,10,13,15H,6-7,9,11-12H2,1-3H3,(H,25,27,28). The molecule has 1 aliphatic heterocycles. The highest BCUT2D eigenvalue weighted by Gasteiger charge is 2.46. The molecule has 0 spiro atoms. The van der Waals surface area contributed by atoms with E-state index in [1.165, 1.54) is 11.3 Å². The van der Waals surface area contributed by atoms with Gasteiger partial charge in [0, 0.05) is 43.2 Å². The molecule has 0 aromatic carbocycles. The van der Waals surface area contributed by atoms with Gasteiger partial charge >= 0.3 is 0 Å². The Bertz CT molecular complexity index is 1180. The van der Waals surface area contributed by atoms with Gasteiger partial charge in [-0.25, -0.2) is 9.97 Å². The summed E-state index contributed by atoms with van der Waals surface area (Å²) in [6, 6.07) is 3.78. The molecule has 8 nitrogen and oxygen atoms in total. The van der Waals surface area contributed by atoms with E-state index in [0.717, 1.165) is 23.4 Å². The lowest BCUT2D eigenvalue weighted by Crippen LogP contribution is -2.51. The van der Waals surface area contributed by atoms with Gasteiger partial charge < -0.3 is 10.2 Å². The number of amides is 1. The Hall–Kier alpha value is -2.94. The van der Waals surface area contributed by atoms with Crippen molar-refractivity contribution in [2.24, 2.45) is 11.3 Å². The van der Waals surface area contributed by atoms with Crippen LogP contribution >= 0.6 is 11.3 Å². The number of rotatable bonds is 7. The van der Waals surface area contributed by atoms with Crippen molar-refractivity contribution in [2.75, 3.05) is 18.4 Å². The van der Waals surface area contributed by atoms with Crippen molar-refractivity contribution < 1.29 is 9.59 Å². The van der Waals surface area contributed by atoms with Gasteiger partial charge in [-0.15, -0.1) is 11.3 Å². The van der Waals surface area contributed by atoms with E-state index < -0.39 is 0 Å². The molecule has 5 rings (SSSR count). The zero-order valence-corrected chi connectivity index (χ0v) is 19.3. The van der Waals surface area contributed by atoms with Crippen LogP contribution in [-0.2, 0) is 4.79 Å². The minimum atomic E-state index is -0.125. The molecule has 2 fully saturated rings. The third kappa shape index (κ3) is 3.97. The van der Waals surface area contributed by atoms with Gasteiger partial charge in [0.15, 0.2) is 11.3 Å². The molecule has 1 unspecified atom stereocenters. The highest BCUT2D eigenvalue weighted by molar-refractivity contribution is 7.18. The summed E-state index contributed by atoms with van der Waals surface area (Å²) in [5.74, 6) is 0.830. The first-order valence-corrected chi connectivity index (χ1v) is 11.8. The summed E-state index contributed by atoms with van der Waals surface area (Å²) < 4.78 is 0.706. The van der Waals surface area contributed by atoms with Gasteiger partial charge in [-0.05, 0) is 38.3 Å². The number of aryl methyl sites for hydroxylation is 1. The molecule has 166 valence electrons. The number of pyridine rings is 1. The number of likely N-dealkylation sites (tertiary alicyclic amines) is 1. The van der Waals surface area contributed by atoms with Crippen LogP contribution in [0.2, 0.25) is 0 Å². The molecular weight excluding hydrogens is 424 g/mol. The number of carbonyl (C=O) groups is 2. The second-order valence-electron chi connectivity index (χ2n) is 9.20. The van der Waals surface area contributed by atoms with Crippen LogP contribution in [0.3, 0.4) is 0 Å². The van der Waals surface area contributed by atoms with Gasteiger partial charge in [0.1, 0.15) is 10.5 Å². The number of nitrogens with one attached hydrogen (secondary N) is 1. The summed E-state index contributed by atoms with van der Waals surface area (Å²) >= 11 is 1.43. The van der Waals surface area contributed by atoms with E-state index in [1.54, 1.807) is 17.3 Å². The van der Waals surface area contributed by atoms with E-state index in [2.05, 4.69) is 25.3 Å². The normalized spacial score (nSPS) is 18.3. The first-order valence-electron chi connectivity index (χ1n) is 11.0. The molecule has 1 amide bonds. The number of fused-ring (bicyclic) bond motifs is 1. The maximum atomic E-state index is 13.3. The largest absolute Gasteiger partial charge is 0.348 e. The Morgan fingerprint density at radius 3 is 2.75 bits per heavy atom. The van der Waals surface area contributed by atoms with Crippen molar-refractivity contribution in [1.29, 1.82) is 0 Å². The van der Waals surface area contributed by atoms with Crippen LogP contribution in [0, 0.1) is 18.3 Å². The number of aromatic nitrogens is 4. The minimum Gasteiger partial charge on any atom is -0.348 e. The number of Topliss-reactive ketones (excluding diaryl/α,β-unsaturated/α-hetero) is 1. The lowest BCUT2D eigenvalue weighted by Gasteiger charge is -2.39. The summed E-state index contributed by atoms with van der Waals surface area (Å²) in [5, 5.41) is 4.11. The second kappa shape index (κ2) is 7.88. The van der Waals surface area contributed by atoms with Crippen LogP contribution in [0.1, 0.15) is 60.2 Å². The number of hydrogen-bond donors (Lipinski definition) is 1. The van der Waals surface area contributed by atoms with Crippen molar-refractivity contribution in [2.45, 2.75) is 46.1 Å². The number of ketones is 1. The number of thiazole rings is 1. The molecule has 1 atom stereocenters. The molecule has 0 bridgehead atoms. The molecule has 1 aliphatic carbocycles. The topological polar surface area (TPSA) is 101 Å². The summed E-state index contributed by atoms with van der Waals surface area (Å²) in [6.45, 7) is 7.13. The molecule has 3 aromatic heterocycles. The summed E-state index contributed by atoms with van der Waals surface area (Å²) in [5.41, 5.74) is 1.80. The monoisotopic (exact) mass is 450 g/mol. The summed E-state index contributed by atoms with van der Waals surface area (Å²) in [6.07, 6.45) is 6.08. The Labute approximate surface area is 190 Å². The Morgan fingerprint density at radius 2 is 2.06 bits per heavy atom. The maximum absolute atomic E-state index is 13.3. The Kier molecular flexibility index (Phi) is 5.16. The molecule has 1 saturated carbocycles. The van der Waals surface area contributed by atoms with E-state index >= 15 is 0 Å². The van der Waals surface area contributed by atoms with Gasteiger partial charge in [0.2, 0.25) is 5.95 Å². The lowest BCUT2D eigenvalue weighted by molar-refractivity contribution is -0.125. The zero-order valence-electron chi connectivity index (χ0n) is 18.5. The van der Waals surface area contributed by atoms with E-state index in [9.17, 15) is 9.59 Å². The van der Waals surface area contributed by atoms with Crippen molar-refractivity contribution in [3.05, 3.63) is 40.8 Å². The fourth-order valence-electron chi connectivity index (χ4n) is 4.04. The molecule has 9 heteroatoms. The number of carbonyl (C=O) groups excluding carboxylic acids is 2. The van der Waals surface area contributed by atoms with Crippen LogP contribution in [0.4, 0.5) is 5.95 Å². The Morgan fingerprint density at radius 1 is 1.28 bits per heavy atom. The van der Waals surface area contributed by atoms with Crippen LogP contribution in [0.5, 0.6) is 0 Å². The predicted octanol–water partition coefficient (Wildman–Crippen LogP) is 3.79. The van der Waals surface area contributed by atoms with E-state index in [-0.39, 0.29) is 23.3 Å². The molecule has 32 heavy (non-hydrogen) atoms. The highest BCUT2D eigenvalue weighted by Crippen LogP contribution is 2.47. The van der Waals surface area contributed by atoms with Gasteiger partial charge in [0.05, 0.1) is 11.0 Å². The summed E-state index contributed by atoms with van der Waals surface area (Å²) in [7, 11) is 0. The molecule has 2 aliphatic rings. The molecule has 3 aromatic rings. The van der Waals surface area contributed by atoms with Crippen LogP contribution < -0.4 is 5.32 Å². The van der Waals surface area contributed by atoms with E-state index in [0.29, 0.717) is 47.3 Å². The van der Waals surface area contributed by atoms with Gasteiger partial charge in [-0.3, -0.25) is 14.6 Å². The second-order valence-corrected chi connectivity index (χ2v) is 10.4. The SMILES string of the molecule is Cc1nc2nc(NC(C)c3cccnc3)nc(C(=O)N3CC(CC(=O)C4(C)CC4)C3)c2s1. The molecule has 4 heterocycles. The van der Waals surface area contributed by atoms with Gasteiger partial charge in [-0.2, -0.15) is 4.98 Å². The Balaban J connectivity index is 1.33. The number of hydrogen-bond acceptors (Lipinski definition) is 8. The van der Waals surface area contributed by atoms with Crippen molar-refractivity contribution in [1.82, 2.24) is 24.8 Å². The lowest BCUT2D eigenvalue weighted by atomic mass is 9.88. The number of nitrogens with zero attached hydrogens (tertiary/aromatic N) is 5. The third-order valence-corrected chi connectivity index (χ3v) is 7.45. The van der Waals surface area contributed by atoms with Crippen LogP contribution in [0.25, 0.3) is 10.3 Å². The van der Waals surface area contributed by atoms with Crippen molar-refractivity contribution in [3.8, 4) is 0 Å². The molecule has 0 radical (unpaired) electrons. The van der Waals surface area contributed by atoms with Crippen molar-refractivity contribution >= 4 is 39.3 Å². The van der Waals surface area contributed by atoms with Crippen LogP contribution in [0.15, 0.2) is 24.5 Å². The fraction of sp³-hybridized carbons (Fsp3) is 0.478. The first kappa shape index (κ1) is 20.9. The predicted molar refractivity (Wildman–Crippen MR) is 123 cm³/mol. The average Bonchev–Trinajstić information content (AvgIpc) is 3.39. The first-order chi connectivity index (χ1) is 15.3. The van der Waals surface area contributed by atoms with Crippen molar-refractivity contribution in [3.63, 3.8) is 0 Å². The zero-order chi connectivity index (χ0) is 22.5. The number of anilines is 1. The fourth-order valence-corrected chi connectivity index (χ4v) is 4.88. The average molecular weight is 451 g/mol. The molecule has 1 saturated heterocycles. The quantitative estimate of drug-likeness (QED) is 0.584. The van der Waals surface area contributed by atoms with E-state index in [1.807, 2.05) is 32.9 Å². The smallest absolute Gasteiger partial charge is 0.274 e. The van der Waals surface area contributed by atoms with Gasteiger partial charge in [-0.1, -0.05) is 13.0 Å². The van der Waals surface area contributed by atoms with Crippen LogP contribution in [-0.4, -0.2) is 49.6 Å². The highest BCUT2D eigenvalue weighted by atomic mass is 32.1. The van der Waals surface area contributed by atoms with E-state index in [4.69, 9.17) is 0 Å². The molecule has 1 N–H and O–H groups in total. The summed E-state index contributed by atoms with van der Waals surface area (Å²) in [4.78, 5) is 45.2. The molecular formula is C23H26N6O2S. The maximum Gasteiger partial charge on any atom is 0.274 e. The minimum absolute atomic E-state index is 0.0768.